The van der Waals surface area contributed by atoms with Crippen LogP contribution in [-0.2, 0) is 57.5 Å². The fourth-order valence-electron chi connectivity index (χ4n) is 14.1. The van der Waals surface area contributed by atoms with E-state index in [0.717, 1.165) is 37.0 Å². The molecule has 0 aromatic carbocycles. The van der Waals surface area contributed by atoms with E-state index in [0.29, 0.717) is 6.42 Å². The molecule has 3 N–H and O–H groups in total. The molecule has 22 heteroatoms. The van der Waals surface area contributed by atoms with Crippen molar-refractivity contribution in [2.45, 2.75) is 228 Å². The number of hydrogen-bond acceptors (Lipinski definition) is 12. The van der Waals surface area contributed by atoms with Crippen molar-refractivity contribution < 1.29 is 57.5 Å². The molecule has 0 aromatic rings. The van der Waals surface area contributed by atoms with Crippen LogP contribution in [0.3, 0.4) is 0 Å². The van der Waals surface area contributed by atoms with Gasteiger partial charge >= 0.3 is 5.97 Å². The predicted octanol–water partition coefficient (Wildman–Crippen LogP) is 4.07. The molecule has 0 radical (unpaired) electrons. The van der Waals surface area contributed by atoms with Crippen molar-refractivity contribution >= 4 is 65.0 Å². The monoisotopic (exact) mass is 1190 g/mol. The number of hydrogen-bond donors (Lipinski definition) is 3. The average molecular weight is 1200 g/mol. The van der Waals surface area contributed by atoms with E-state index in [9.17, 15) is 24.0 Å². The van der Waals surface area contributed by atoms with E-state index in [1.54, 1.807) is 11.9 Å². The number of fused-ring (bicyclic) bond motifs is 2. The molecule has 22 nitrogen and oxygen atoms in total. The van der Waals surface area contributed by atoms with Crippen LogP contribution in [0.1, 0.15) is 168 Å². The molecule has 5 aliphatic rings. The van der Waals surface area contributed by atoms with Gasteiger partial charge in [0.1, 0.15) is 67.0 Å². The summed E-state index contributed by atoms with van der Waals surface area (Å²) in [5.41, 5.74) is 0. The number of cyclic esters (lactones) is 1. The minimum absolute atomic E-state index is 0.0191. The molecule has 85 heavy (non-hydrogen) atoms. The number of esters is 1. The largest absolute Gasteiger partial charge is 0.459 e. The Bertz CT molecular complexity index is 2430. The molecule has 1 saturated carbocycles. The molecule has 5 rings (SSSR count). The summed E-state index contributed by atoms with van der Waals surface area (Å²) in [6.07, 6.45) is 4.94. The molecule has 0 aromatic heterocycles. The van der Waals surface area contributed by atoms with Gasteiger partial charge < -0.3 is 55.0 Å². The highest BCUT2D eigenvalue weighted by atomic mass is 16.5. The predicted molar refractivity (Wildman–Crippen MR) is 321 cm³/mol. The van der Waals surface area contributed by atoms with E-state index >= 15 is 28.8 Å². The number of rotatable bonds is 13. The first-order valence-electron chi connectivity index (χ1n) is 31.7. The smallest absolute Gasteiger partial charge is 0.325 e. The van der Waals surface area contributed by atoms with Gasteiger partial charge in [0.2, 0.25) is 59.1 Å². The Morgan fingerprint density at radius 3 is 1.72 bits per heavy atom. The van der Waals surface area contributed by atoms with Crippen LogP contribution in [0, 0.1) is 53.3 Å². The van der Waals surface area contributed by atoms with E-state index in [1.807, 2.05) is 83.1 Å². The first-order chi connectivity index (χ1) is 39.7. The quantitative estimate of drug-likeness (QED) is 0.221. The van der Waals surface area contributed by atoms with E-state index < -0.39 is 132 Å². The van der Waals surface area contributed by atoms with Crippen molar-refractivity contribution in [3.8, 4) is 0 Å². The standard InChI is InChI=1S/C63H106N10O12/c1-34(2)24-45-58(79)69(17)53(38(9)10)63(84)73-33-44(43-22-20-19-21-23-43)29-50(73)60(81)68(16)47(26-36(5)6)55(76)64-30-51(75)85-41(13)54(57(78)66-46(25-35(3)4)59(80)71-31-39(11)27-48(71)56(77)65-45)70(18)61(82)49-28-40(12)32-72(49)62(83)52(37(7)8)67(15)42(14)74/h34-41,43-50,52-54H,19-33H2,1-18H3,(H,64,76)(H,65,77)(H,66,78)/t39-,40-,41-,44?,45+,46+,47-,48+,49+,50+,52+,53+,54+/m1/s1. The topological polar surface area (TPSA) is 256 Å². The Morgan fingerprint density at radius 2 is 1.16 bits per heavy atom. The molecule has 5 fully saturated rings. The van der Waals surface area contributed by atoms with Crippen molar-refractivity contribution in [2.75, 3.05) is 54.4 Å². The number of likely N-dealkylation sites (tertiary alicyclic amines) is 1. The van der Waals surface area contributed by atoms with Gasteiger partial charge in [-0.15, -0.1) is 0 Å². The minimum atomic E-state index is -1.63. The first-order valence-corrected chi connectivity index (χ1v) is 31.7. The van der Waals surface area contributed by atoms with Crippen LogP contribution < -0.4 is 16.0 Å². The summed E-state index contributed by atoms with van der Waals surface area (Å²) in [6, 6.07) is -10.2. The second kappa shape index (κ2) is 30.2. The number of nitrogens with zero attached hydrogens (tertiary/aromatic N) is 7. The lowest BCUT2D eigenvalue weighted by molar-refractivity contribution is -0.160. The third-order valence-electron chi connectivity index (χ3n) is 18.5. The van der Waals surface area contributed by atoms with Gasteiger partial charge in [0.25, 0.3) is 0 Å². The molecular weight excluding hydrogens is 1090 g/mol. The van der Waals surface area contributed by atoms with Gasteiger partial charge in [0.15, 0.2) is 0 Å². The zero-order valence-electron chi connectivity index (χ0n) is 54.6. The summed E-state index contributed by atoms with van der Waals surface area (Å²) >= 11 is 0. The number of carbonyl (C=O) groups is 11. The van der Waals surface area contributed by atoms with Gasteiger partial charge in [-0.05, 0) is 98.7 Å². The van der Waals surface area contributed by atoms with Crippen molar-refractivity contribution in [1.82, 2.24) is 50.2 Å². The van der Waals surface area contributed by atoms with Crippen molar-refractivity contribution in [1.29, 1.82) is 0 Å². The van der Waals surface area contributed by atoms with Crippen molar-refractivity contribution in [3.63, 3.8) is 0 Å². The fourth-order valence-corrected chi connectivity index (χ4v) is 14.1. The van der Waals surface area contributed by atoms with Crippen LogP contribution in [0.4, 0.5) is 0 Å². The second-order valence-electron chi connectivity index (χ2n) is 27.8. The van der Waals surface area contributed by atoms with E-state index in [1.165, 1.54) is 59.5 Å². The minimum Gasteiger partial charge on any atom is -0.459 e. The van der Waals surface area contributed by atoms with Crippen LogP contribution in [0.25, 0.3) is 0 Å². The Kier molecular flexibility index (Phi) is 24.8. The molecule has 4 aliphatic heterocycles. The summed E-state index contributed by atoms with van der Waals surface area (Å²) < 4.78 is 5.98. The van der Waals surface area contributed by atoms with E-state index in [-0.39, 0.29) is 105 Å². The van der Waals surface area contributed by atoms with Gasteiger partial charge in [-0.1, -0.05) is 115 Å². The number of carbonyl (C=O) groups excluding carboxylic acids is 11. The van der Waals surface area contributed by atoms with E-state index in [4.69, 9.17) is 4.74 Å². The highest BCUT2D eigenvalue weighted by molar-refractivity contribution is 5.99. The van der Waals surface area contributed by atoms with Gasteiger partial charge in [-0.3, -0.25) is 52.7 Å². The highest BCUT2D eigenvalue weighted by Crippen LogP contribution is 2.39. The fraction of sp³-hybridized carbons (Fsp3) is 0.825. The van der Waals surface area contributed by atoms with Crippen LogP contribution >= 0.6 is 0 Å². The number of ether oxygens (including phenoxy) is 1. The average Bonchev–Trinajstić information content (AvgIpc) is 3.29. The van der Waals surface area contributed by atoms with Crippen LogP contribution in [0.2, 0.25) is 0 Å². The molecule has 1 aliphatic carbocycles. The van der Waals surface area contributed by atoms with E-state index in [2.05, 4.69) is 16.0 Å². The van der Waals surface area contributed by atoms with Crippen LogP contribution in [-0.4, -0.2) is 214 Å². The normalized spacial score (nSPS) is 30.1. The molecule has 1 unspecified atom stereocenters. The zero-order chi connectivity index (χ0) is 63.8. The maximum Gasteiger partial charge on any atom is 0.325 e. The molecular formula is C63H106N10O12. The first kappa shape index (κ1) is 69.9. The molecule has 0 spiro atoms. The Balaban J connectivity index is 1.63. The molecule has 4 saturated heterocycles. The maximum absolute atomic E-state index is 15.4. The molecule has 13 atom stereocenters. The highest BCUT2D eigenvalue weighted by Gasteiger charge is 2.51. The van der Waals surface area contributed by atoms with Crippen molar-refractivity contribution in [3.05, 3.63) is 0 Å². The summed E-state index contributed by atoms with van der Waals surface area (Å²) in [4.78, 5) is 172. The second-order valence-corrected chi connectivity index (χ2v) is 27.8. The lowest BCUT2D eigenvalue weighted by Crippen LogP contribution is -2.62. The van der Waals surface area contributed by atoms with Gasteiger partial charge in [0, 0.05) is 54.7 Å². The van der Waals surface area contributed by atoms with Crippen LogP contribution in [0.15, 0.2) is 0 Å². The third kappa shape index (κ3) is 17.0. The molecule has 0 bridgehead atoms. The van der Waals surface area contributed by atoms with Gasteiger partial charge in [0.05, 0.1) is 0 Å². The summed E-state index contributed by atoms with van der Waals surface area (Å²) in [7, 11) is 5.97. The molecule has 480 valence electrons. The lowest BCUT2D eigenvalue weighted by atomic mass is 9.79. The summed E-state index contributed by atoms with van der Waals surface area (Å²) in [5.74, 6) is -7.77. The third-order valence-corrected chi connectivity index (χ3v) is 18.5. The Morgan fingerprint density at radius 1 is 0.612 bits per heavy atom. The number of likely N-dealkylation sites (N-methyl/N-ethyl adjacent to an activating group) is 4. The zero-order valence-corrected chi connectivity index (χ0v) is 54.6. The number of nitrogens with one attached hydrogen (secondary N) is 3. The molecule has 4 heterocycles. The summed E-state index contributed by atoms with van der Waals surface area (Å²) in [5, 5.41) is 8.57. The van der Waals surface area contributed by atoms with Gasteiger partial charge in [-0.2, -0.15) is 0 Å². The van der Waals surface area contributed by atoms with Gasteiger partial charge in [-0.25, -0.2) is 0 Å². The Labute approximate surface area is 506 Å². The van der Waals surface area contributed by atoms with Crippen molar-refractivity contribution in [2.24, 2.45) is 53.3 Å². The van der Waals surface area contributed by atoms with Crippen LogP contribution in [0.5, 0.6) is 0 Å². The molecule has 10 amide bonds. The number of amides is 10. The maximum atomic E-state index is 15.4. The lowest BCUT2D eigenvalue weighted by Gasteiger charge is -2.38. The summed E-state index contributed by atoms with van der Waals surface area (Å²) in [6.45, 7) is 25.1. The Hall–Kier alpha value is -5.83. The SMILES string of the molecule is CC(=O)N(C)[C@H](C(=O)N1C[C@H](C)C[C@H]1C(=O)N(C)[C@@H]1C(=O)N[C@@H](CC(C)C)C(=O)N2C[C@H](C)C[C@H]2C(=O)N[C@@H](CC(C)C)C(=O)N(C)[C@@H](C(C)C)C(=O)N2CC(C3CCCCC3)C[C@H]2C(=O)N(C)[C@H](CC(C)C)C(=O)NCC(=O)O[C@@H]1C)C(C)C.